The van der Waals surface area contributed by atoms with Gasteiger partial charge in [0.05, 0.1) is 10.8 Å². The molecule has 0 amide bonds. The van der Waals surface area contributed by atoms with Crippen LogP contribution in [0.15, 0.2) is 29.2 Å². The number of benzene rings is 1. The summed E-state index contributed by atoms with van der Waals surface area (Å²) >= 11 is 0. The third-order valence-corrected chi connectivity index (χ3v) is 3.70. The van der Waals surface area contributed by atoms with Crippen molar-refractivity contribution < 1.29 is 8.60 Å². The molecular formula is C13H20FNOS. The van der Waals surface area contributed by atoms with Crippen molar-refractivity contribution >= 4 is 10.8 Å². The zero-order valence-corrected chi connectivity index (χ0v) is 11.4. The highest BCUT2D eigenvalue weighted by atomic mass is 32.2. The normalized spacial score (nSPS) is 13.6. The van der Waals surface area contributed by atoms with Crippen LogP contribution in [0, 0.1) is 5.82 Å². The van der Waals surface area contributed by atoms with Gasteiger partial charge in [-0.05, 0) is 58.0 Å². The summed E-state index contributed by atoms with van der Waals surface area (Å²) < 4.78 is 24.5. The molecule has 17 heavy (non-hydrogen) atoms. The van der Waals surface area contributed by atoms with E-state index in [-0.39, 0.29) is 11.4 Å². The second-order valence-electron chi connectivity index (χ2n) is 5.03. The molecular weight excluding hydrogens is 237 g/mol. The van der Waals surface area contributed by atoms with E-state index in [4.69, 9.17) is 0 Å². The van der Waals surface area contributed by atoms with Crippen molar-refractivity contribution in [1.29, 1.82) is 0 Å². The summed E-state index contributed by atoms with van der Waals surface area (Å²) in [5.41, 5.74) is 0.0946. The van der Waals surface area contributed by atoms with Gasteiger partial charge < -0.3 is 5.32 Å². The first-order valence-electron chi connectivity index (χ1n) is 5.77. The predicted octanol–water partition coefficient (Wildman–Crippen LogP) is 2.71. The van der Waals surface area contributed by atoms with E-state index >= 15 is 0 Å². The predicted molar refractivity (Wildman–Crippen MR) is 70.0 cm³/mol. The molecule has 1 aromatic rings. The molecule has 4 heteroatoms. The van der Waals surface area contributed by atoms with Gasteiger partial charge in [0.15, 0.2) is 0 Å². The van der Waals surface area contributed by atoms with Gasteiger partial charge in [-0.1, -0.05) is 0 Å². The van der Waals surface area contributed by atoms with E-state index in [9.17, 15) is 8.60 Å². The van der Waals surface area contributed by atoms with Crippen LogP contribution in [0.4, 0.5) is 4.39 Å². The zero-order chi connectivity index (χ0) is 12.9. The van der Waals surface area contributed by atoms with Gasteiger partial charge in [0.2, 0.25) is 0 Å². The summed E-state index contributed by atoms with van der Waals surface area (Å²) in [7, 11) is -1.03. The molecule has 0 saturated heterocycles. The largest absolute Gasteiger partial charge is 0.312 e. The molecule has 0 aliphatic carbocycles. The van der Waals surface area contributed by atoms with Crippen molar-refractivity contribution in [3.8, 4) is 0 Å². The van der Waals surface area contributed by atoms with Gasteiger partial charge >= 0.3 is 0 Å². The van der Waals surface area contributed by atoms with E-state index in [1.165, 1.54) is 12.1 Å². The van der Waals surface area contributed by atoms with Gasteiger partial charge in [0.25, 0.3) is 0 Å². The van der Waals surface area contributed by atoms with Crippen LogP contribution in [0.5, 0.6) is 0 Å². The van der Waals surface area contributed by atoms with Crippen LogP contribution in [0.1, 0.15) is 27.2 Å². The van der Waals surface area contributed by atoms with E-state index in [1.807, 2.05) is 0 Å². The molecule has 0 heterocycles. The SMILES string of the molecule is CC(C)(C)NCCCS(=O)c1ccc(F)cc1. The van der Waals surface area contributed by atoms with Crippen LogP contribution in [0.2, 0.25) is 0 Å². The van der Waals surface area contributed by atoms with Crippen molar-refractivity contribution in [1.82, 2.24) is 5.32 Å². The molecule has 0 radical (unpaired) electrons. The van der Waals surface area contributed by atoms with Crippen LogP contribution in [0.3, 0.4) is 0 Å². The molecule has 1 rings (SSSR count). The van der Waals surface area contributed by atoms with Gasteiger partial charge in [0.1, 0.15) is 5.82 Å². The Labute approximate surface area is 105 Å². The highest BCUT2D eigenvalue weighted by Gasteiger charge is 2.08. The fourth-order valence-electron chi connectivity index (χ4n) is 1.37. The van der Waals surface area contributed by atoms with E-state index in [2.05, 4.69) is 26.1 Å². The lowest BCUT2D eigenvalue weighted by Gasteiger charge is -2.20. The Bertz CT molecular complexity index is 370. The van der Waals surface area contributed by atoms with Gasteiger partial charge in [-0.3, -0.25) is 4.21 Å². The molecule has 1 atom stereocenters. The first-order chi connectivity index (χ1) is 7.88. The van der Waals surface area contributed by atoms with E-state index in [1.54, 1.807) is 12.1 Å². The van der Waals surface area contributed by atoms with E-state index in [0.29, 0.717) is 10.6 Å². The average molecular weight is 257 g/mol. The van der Waals surface area contributed by atoms with Gasteiger partial charge in [0, 0.05) is 16.2 Å². The zero-order valence-electron chi connectivity index (χ0n) is 10.6. The van der Waals surface area contributed by atoms with Crippen LogP contribution in [-0.4, -0.2) is 22.0 Å². The van der Waals surface area contributed by atoms with Crippen molar-refractivity contribution in [3.05, 3.63) is 30.1 Å². The maximum Gasteiger partial charge on any atom is 0.123 e. The number of hydrogen-bond donors (Lipinski definition) is 1. The molecule has 1 unspecified atom stereocenters. The third-order valence-electron chi connectivity index (χ3n) is 2.24. The maximum absolute atomic E-state index is 12.7. The molecule has 1 N–H and O–H groups in total. The molecule has 96 valence electrons. The Hall–Kier alpha value is -0.740. The molecule has 0 fully saturated rings. The van der Waals surface area contributed by atoms with Crippen LogP contribution in [0.25, 0.3) is 0 Å². The first kappa shape index (κ1) is 14.3. The Morgan fingerprint density at radius 1 is 1.24 bits per heavy atom. The van der Waals surface area contributed by atoms with E-state index < -0.39 is 10.8 Å². The summed E-state index contributed by atoms with van der Waals surface area (Å²) in [6.07, 6.45) is 0.848. The molecule has 0 aliphatic rings. The standard InChI is InChI=1S/C13H20FNOS/c1-13(2,3)15-9-4-10-17(16)12-7-5-11(14)6-8-12/h5-8,15H,4,9-10H2,1-3H3. The quantitative estimate of drug-likeness (QED) is 0.822. The number of hydrogen-bond acceptors (Lipinski definition) is 2. The molecule has 0 spiro atoms. The smallest absolute Gasteiger partial charge is 0.123 e. The van der Waals surface area contributed by atoms with Gasteiger partial charge in [-0.2, -0.15) is 0 Å². The van der Waals surface area contributed by atoms with Crippen LogP contribution >= 0.6 is 0 Å². The minimum atomic E-state index is -1.03. The second-order valence-corrected chi connectivity index (χ2v) is 6.60. The molecule has 1 aromatic carbocycles. The molecule has 0 saturated carbocycles. The number of nitrogens with one attached hydrogen (secondary N) is 1. The maximum atomic E-state index is 12.7. The van der Waals surface area contributed by atoms with Crippen LogP contribution in [-0.2, 0) is 10.8 Å². The summed E-state index contributed by atoms with van der Waals surface area (Å²) in [6.45, 7) is 7.15. The lowest BCUT2D eigenvalue weighted by molar-refractivity contribution is 0.427. The number of halogens is 1. The highest BCUT2D eigenvalue weighted by Crippen LogP contribution is 2.09. The fourth-order valence-corrected chi connectivity index (χ4v) is 2.45. The van der Waals surface area contributed by atoms with Crippen molar-refractivity contribution in [3.63, 3.8) is 0 Å². The summed E-state index contributed by atoms with van der Waals surface area (Å²) in [6, 6.07) is 5.87. The molecule has 0 aliphatic heterocycles. The Kier molecular flexibility index (Phi) is 5.28. The lowest BCUT2D eigenvalue weighted by atomic mass is 10.1. The fraction of sp³-hybridized carbons (Fsp3) is 0.538. The Morgan fingerprint density at radius 3 is 2.35 bits per heavy atom. The van der Waals surface area contributed by atoms with E-state index in [0.717, 1.165) is 13.0 Å². The van der Waals surface area contributed by atoms with Gasteiger partial charge in [-0.15, -0.1) is 0 Å². The number of rotatable bonds is 5. The molecule has 0 bridgehead atoms. The minimum absolute atomic E-state index is 0.0946. The molecule has 0 aromatic heterocycles. The first-order valence-corrected chi connectivity index (χ1v) is 7.09. The highest BCUT2D eigenvalue weighted by molar-refractivity contribution is 7.85. The van der Waals surface area contributed by atoms with Gasteiger partial charge in [-0.25, -0.2) is 4.39 Å². The summed E-state index contributed by atoms with van der Waals surface area (Å²) in [4.78, 5) is 0.696. The topological polar surface area (TPSA) is 29.1 Å². The molecule has 2 nitrogen and oxygen atoms in total. The average Bonchev–Trinajstić information content (AvgIpc) is 2.24. The Morgan fingerprint density at radius 2 is 1.82 bits per heavy atom. The van der Waals surface area contributed by atoms with Crippen molar-refractivity contribution in [2.24, 2.45) is 0 Å². The third kappa shape index (κ3) is 5.94. The summed E-state index contributed by atoms with van der Waals surface area (Å²) in [5, 5.41) is 3.34. The minimum Gasteiger partial charge on any atom is -0.312 e. The van der Waals surface area contributed by atoms with Crippen molar-refractivity contribution in [2.45, 2.75) is 37.6 Å². The lowest BCUT2D eigenvalue weighted by Crippen LogP contribution is -2.36. The summed E-state index contributed by atoms with van der Waals surface area (Å²) in [5.74, 6) is 0.314. The van der Waals surface area contributed by atoms with Crippen molar-refractivity contribution in [2.75, 3.05) is 12.3 Å². The second kappa shape index (κ2) is 6.26. The Balaban J connectivity index is 2.33. The monoisotopic (exact) mass is 257 g/mol. The van der Waals surface area contributed by atoms with Crippen LogP contribution < -0.4 is 5.32 Å².